The summed E-state index contributed by atoms with van der Waals surface area (Å²) in [5.41, 5.74) is 3.50. The summed E-state index contributed by atoms with van der Waals surface area (Å²) in [6.07, 6.45) is 2.21. The van der Waals surface area contributed by atoms with Gasteiger partial charge in [0.1, 0.15) is 12.1 Å². The molecule has 21 heavy (non-hydrogen) atoms. The lowest BCUT2D eigenvalue weighted by molar-refractivity contribution is -0.384. The molecule has 3 aromatic rings. The van der Waals surface area contributed by atoms with Crippen LogP contribution in [0.1, 0.15) is 5.69 Å². The van der Waals surface area contributed by atoms with Crippen molar-refractivity contribution in [3.8, 4) is 0 Å². The van der Waals surface area contributed by atoms with Crippen LogP contribution in [0.25, 0.3) is 10.9 Å². The zero-order valence-corrected chi connectivity index (χ0v) is 11.7. The van der Waals surface area contributed by atoms with Gasteiger partial charge in [-0.15, -0.1) is 11.3 Å². The van der Waals surface area contributed by atoms with Crippen LogP contribution in [0.5, 0.6) is 0 Å². The van der Waals surface area contributed by atoms with Gasteiger partial charge >= 0.3 is 0 Å². The van der Waals surface area contributed by atoms with Crippen LogP contribution in [-0.4, -0.2) is 26.4 Å². The molecule has 7 nitrogen and oxygen atoms in total. The van der Waals surface area contributed by atoms with Crippen LogP contribution in [0.4, 0.5) is 11.5 Å². The average Bonchev–Trinajstić information content (AvgIpc) is 3.00. The second-order valence-electron chi connectivity index (χ2n) is 4.34. The second kappa shape index (κ2) is 5.80. The number of aromatic nitrogens is 3. The van der Waals surface area contributed by atoms with Crippen molar-refractivity contribution in [2.75, 3.05) is 11.9 Å². The van der Waals surface area contributed by atoms with Gasteiger partial charge in [0.05, 0.1) is 21.6 Å². The zero-order valence-electron chi connectivity index (χ0n) is 10.9. The van der Waals surface area contributed by atoms with Gasteiger partial charge in [-0.3, -0.25) is 10.1 Å². The summed E-state index contributed by atoms with van der Waals surface area (Å²) in [6, 6.07) is 4.55. The van der Waals surface area contributed by atoms with E-state index in [2.05, 4.69) is 20.3 Å². The number of nitro benzene ring substituents is 1. The number of non-ortho nitro benzene ring substituents is 1. The van der Waals surface area contributed by atoms with E-state index in [0.29, 0.717) is 23.3 Å². The summed E-state index contributed by atoms with van der Waals surface area (Å²) in [4.78, 5) is 22.9. The molecule has 0 saturated heterocycles. The predicted molar refractivity (Wildman–Crippen MR) is 80.5 cm³/mol. The average molecular weight is 301 g/mol. The van der Waals surface area contributed by atoms with Crippen LogP contribution >= 0.6 is 11.3 Å². The Kier molecular flexibility index (Phi) is 3.69. The maximum Gasteiger partial charge on any atom is 0.270 e. The number of thiazole rings is 1. The van der Waals surface area contributed by atoms with E-state index in [1.807, 2.05) is 5.38 Å². The lowest BCUT2D eigenvalue weighted by Gasteiger charge is -2.07. The highest BCUT2D eigenvalue weighted by atomic mass is 32.1. The number of nitrogens with zero attached hydrogens (tertiary/aromatic N) is 4. The third kappa shape index (κ3) is 2.95. The third-order valence-corrected chi connectivity index (χ3v) is 3.62. The molecule has 2 aromatic heterocycles. The lowest BCUT2D eigenvalue weighted by atomic mass is 10.2. The first kappa shape index (κ1) is 13.4. The summed E-state index contributed by atoms with van der Waals surface area (Å²) in [7, 11) is 0. The summed E-state index contributed by atoms with van der Waals surface area (Å²) < 4.78 is 0. The molecule has 0 aliphatic rings. The van der Waals surface area contributed by atoms with E-state index in [1.165, 1.54) is 18.5 Å². The fourth-order valence-electron chi connectivity index (χ4n) is 1.97. The van der Waals surface area contributed by atoms with Gasteiger partial charge in [-0.25, -0.2) is 15.0 Å². The largest absolute Gasteiger partial charge is 0.369 e. The minimum atomic E-state index is -0.425. The van der Waals surface area contributed by atoms with Crippen LogP contribution in [-0.2, 0) is 6.42 Å². The molecule has 0 bridgehead atoms. The highest BCUT2D eigenvalue weighted by Crippen LogP contribution is 2.24. The zero-order chi connectivity index (χ0) is 14.7. The van der Waals surface area contributed by atoms with Crippen LogP contribution in [0, 0.1) is 10.1 Å². The van der Waals surface area contributed by atoms with Crippen molar-refractivity contribution in [3.05, 3.63) is 51.2 Å². The van der Waals surface area contributed by atoms with E-state index in [1.54, 1.807) is 22.9 Å². The molecule has 1 N–H and O–H groups in total. The molecule has 0 spiro atoms. The Bertz CT molecular complexity index is 775. The van der Waals surface area contributed by atoms with Crippen LogP contribution < -0.4 is 5.32 Å². The molecule has 0 aliphatic heterocycles. The number of nitrogens with one attached hydrogen (secondary N) is 1. The first-order chi connectivity index (χ1) is 10.2. The van der Waals surface area contributed by atoms with Gasteiger partial charge in [0.2, 0.25) is 0 Å². The van der Waals surface area contributed by atoms with Crippen molar-refractivity contribution in [2.45, 2.75) is 6.42 Å². The van der Waals surface area contributed by atoms with Gasteiger partial charge in [0, 0.05) is 35.9 Å². The van der Waals surface area contributed by atoms with Gasteiger partial charge < -0.3 is 5.32 Å². The van der Waals surface area contributed by atoms with Gasteiger partial charge in [-0.05, 0) is 6.07 Å². The third-order valence-electron chi connectivity index (χ3n) is 2.99. The van der Waals surface area contributed by atoms with Crippen LogP contribution in [0.15, 0.2) is 35.4 Å². The molecule has 0 amide bonds. The van der Waals surface area contributed by atoms with Gasteiger partial charge in [0.25, 0.3) is 5.69 Å². The minimum Gasteiger partial charge on any atom is -0.369 e. The maximum atomic E-state index is 10.9. The molecular weight excluding hydrogens is 290 g/mol. The number of fused-ring (bicyclic) bond motifs is 1. The van der Waals surface area contributed by atoms with Gasteiger partial charge in [0.15, 0.2) is 0 Å². The topological polar surface area (TPSA) is 93.8 Å². The molecule has 0 aliphatic carbocycles. The SMILES string of the molecule is O=[N+]([O-])c1ccc2ncnc(NCCc3cscn3)c2c1. The lowest BCUT2D eigenvalue weighted by Crippen LogP contribution is -2.07. The standard InChI is InChI=1S/C13H11N5O2S/c19-18(20)10-1-2-12-11(5-10)13(16-7-15-12)14-4-3-9-6-21-8-17-9/h1-2,5-8H,3-4H2,(H,14,15,16). The number of hydrogen-bond acceptors (Lipinski definition) is 7. The van der Waals surface area contributed by atoms with Crippen molar-refractivity contribution >= 4 is 33.7 Å². The monoisotopic (exact) mass is 301 g/mol. The summed E-state index contributed by atoms with van der Waals surface area (Å²) in [5.74, 6) is 0.596. The number of rotatable bonds is 5. The van der Waals surface area contributed by atoms with Crippen molar-refractivity contribution < 1.29 is 4.92 Å². The molecule has 0 radical (unpaired) electrons. The van der Waals surface area contributed by atoms with Crippen molar-refractivity contribution in [2.24, 2.45) is 0 Å². The minimum absolute atomic E-state index is 0.0276. The maximum absolute atomic E-state index is 10.9. The Morgan fingerprint density at radius 2 is 2.19 bits per heavy atom. The molecule has 3 rings (SSSR count). The Morgan fingerprint density at radius 3 is 2.95 bits per heavy atom. The molecular formula is C13H11N5O2S. The normalized spacial score (nSPS) is 10.7. The molecule has 0 saturated carbocycles. The number of benzene rings is 1. The molecule has 0 atom stereocenters. The van der Waals surface area contributed by atoms with Crippen molar-refractivity contribution in [3.63, 3.8) is 0 Å². The van der Waals surface area contributed by atoms with Crippen molar-refractivity contribution in [1.82, 2.24) is 15.0 Å². The number of nitro groups is 1. The predicted octanol–water partition coefficient (Wildman–Crippen LogP) is 2.65. The van der Waals surface area contributed by atoms with E-state index in [9.17, 15) is 10.1 Å². The van der Waals surface area contributed by atoms with Crippen LogP contribution in [0.3, 0.4) is 0 Å². The number of hydrogen-bond donors (Lipinski definition) is 1. The quantitative estimate of drug-likeness (QED) is 0.575. The fourth-order valence-corrected chi connectivity index (χ4v) is 2.56. The Hall–Kier alpha value is -2.61. The van der Waals surface area contributed by atoms with E-state index in [0.717, 1.165) is 12.1 Å². The summed E-state index contributed by atoms with van der Waals surface area (Å²) >= 11 is 1.55. The smallest absolute Gasteiger partial charge is 0.270 e. The van der Waals surface area contributed by atoms with E-state index >= 15 is 0 Å². The second-order valence-corrected chi connectivity index (χ2v) is 5.06. The molecule has 1 aromatic carbocycles. The Balaban J connectivity index is 1.83. The van der Waals surface area contributed by atoms with Gasteiger partial charge in [-0.1, -0.05) is 0 Å². The van der Waals surface area contributed by atoms with E-state index in [-0.39, 0.29) is 5.69 Å². The first-order valence-corrected chi connectivity index (χ1v) is 7.18. The highest BCUT2D eigenvalue weighted by Gasteiger charge is 2.10. The summed E-state index contributed by atoms with van der Waals surface area (Å²) in [6.45, 7) is 0.651. The fraction of sp³-hybridized carbons (Fsp3) is 0.154. The van der Waals surface area contributed by atoms with E-state index in [4.69, 9.17) is 0 Å². The van der Waals surface area contributed by atoms with E-state index < -0.39 is 4.92 Å². The molecule has 0 fully saturated rings. The summed E-state index contributed by atoms with van der Waals surface area (Å²) in [5, 5.41) is 16.7. The van der Waals surface area contributed by atoms with Crippen LogP contribution in [0.2, 0.25) is 0 Å². The molecule has 0 unspecified atom stereocenters. The Morgan fingerprint density at radius 1 is 1.29 bits per heavy atom. The van der Waals surface area contributed by atoms with Crippen molar-refractivity contribution in [1.29, 1.82) is 0 Å². The van der Waals surface area contributed by atoms with Gasteiger partial charge in [-0.2, -0.15) is 0 Å². The molecule has 8 heteroatoms. The first-order valence-electron chi connectivity index (χ1n) is 6.24. The number of anilines is 1. The molecule has 2 heterocycles. The molecule has 106 valence electrons. The highest BCUT2D eigenvalue weighted by molar-refractivity contribution is 7.07. The Labute approximate surface area is 123 Å².